The van der Waals surface area contributed by atoms with Gasteiger partial charge in [0.05, 0.1) is 0 Å². The van der Waals surface area contributed by atoms with Crippen LogP contribution in [0.1, 0.15) is 49.7 Å². The molecule has 0 spiro atoms. The van der Waals surface area contributed by atoms with Crippen LogP contribution in [0, 0.1) is 12.7 Å². The summed E-state index contributed by atoms with van der Waals surface area (Å²) in [4.78, 5) is 12.0. The lowest BCUT2D eigenvalue weighted by Gasteiger charge is -2.32. The molecule has 0 unspecified atom stereocenters. The van der Waals surface area contributed by atoms with E-state index in [9.17, 15) is 9.18 Å². The van der Waals surface area contributed by atoms with Gasteiger partial charge < -0.3 is 11.1 Å². The Morgan fingerprint density at radius 1 is 1.35 bits per heavy atom. The molecule has 0 saturated heterocycles. The number of benzene rings is 1. The first kappa shape index (κ1) is 15.0. The highest BCUT2D eigenvalue weighted by Crippen LogP contribution is 2.28. The average Bonchev–Trinajstić information content (AvgIpc) is 2.40. The van der Waals surface area contributed by atoms with Gasteiger partial charge in [-0.15, -0.1) is 0 Å². The van der Waals surface area contributed by atoms with Gasteiger partial charge >= 0.3 is 0 Å². The first-order valence-electron chi connectivity index (χ1n) is 7.29. The van der Waals surface area contributed by atoms with Crippen molar-refractivity contribution in [1.29, 1.82) is 0 Å². The zero-order valence-electron chi connectivity index (χ0n) is 12.0. The fourth-order valence-electron chi connectivity index (χ4n) is 2.76. The molecule has 1 saturated carbocycles. The number of nitrogens with one attached hydrogen (secondary N) is 1. The minimum Gasteiger partial charge on any atom is -0.352 e. The lowest BCUT2D eigenvalue weighted by atomic mass is 9.80. The molecular weight excluding hydrogens is 255 g/mol. The molecule has 3 N–H and O–H groups in total. The summed E-state index contributed by atoms with van der Waals surface area (Å²) in [6, 6.07) is 5.02. The van der Waals surface area contributed by atoms with Crippen LogP contribution in [0.5, 0.6) is 0 Å². The van der Waals surface area contributed by atoms with E-state index >= 15 is 0 Å². The number of hydrogen-bond acceptors (Lipinski definition) is 2. The standard InChI is InChI=1S/C16H23FN2O/c1-12-5-6-13(9-14(12)17)11-19-15(20)10-16(18)7-3-2-4-8-16/h5-6,9H,2-4,7-8,10-11,18H2,1H3,(H,19,20). The summed E-state index contributed by atoms with van der Waals surface area (Å²) >= 11 is 0. The second-order valence-electron chi connectivity index (χ2n) is 5.96. The number of carbonyl (C=O) groups is 1. The number of carbonyl (C=O) groups excluding carboxylic acids is 1. The molecule has 3 nitrogen and oxygen atoms in total. The molecule has 1 aliphatic carbocycles. The highest BCUT2D eigenvalue weighted by molar-refractivity contribution is 5.77. The van der Waals surface area contributed by atoms with Crippen LogP contribution in [0.4, 0.5) is 4.39 Å². The molecule has 1 aliphatic rings. The number of aryl methyl sites for hydroxylation is 1. The third kappa shape index (κ3) is 4.04. The Morgan fingerprint density at radius 2 is 2.05 bits per heavy atom. The van der Waals surface area contributed by atoms with Gasteiger partial charge in [-0.1, -0.05) is 31.4 Å². The van der Waals surface area contributed by atoms with Crippen LogP contribution in [0.2, 0.25) is 0 Å². The second kappa shape index (κ2) is 6.35. The van der Waals surface area contributed by atoms with E-state index in [2.05, 4.69) is 5.32 Å². The van der Waals surface area contributed by atoms with Gasteiger partial charge in [0.1, 0.15) is 5.82 Å². The third-order valence-corrected chi connectivity index (χ3v) is 4.09. The minimum atomic E-state index is -0.346. The molecule has 20 heavy (non-hydrogen) atoms. The van der Waals surface area contributed by atoms with Gasteiger partial charge in [-0.25, -0.2) is 4.39 Å². The van der Waals surface area contributed by atoms with Gasteiger partial charge in [-0.05, 0) is 37.0 Å². The Hall–Kier alpha value is -1.42. The van der Waals surface area contributed by atoms with Crippen LogP contribution in [-0.2, 0) is 11.3 Å². The normalized spacial score (nSPS) is 17.8. The predicted octanol–water partition coefficient (Wildman–Crippen LogP) is 2.80. The summed E-state index contributed by atoms with van der Waals surface area (Å²) in [5, 5.41) is 2.83. The highest BCUT2D eigenvalue weighted by atomic mass is 19.1. The van der Waals surface area contributed by atoms with E-state index in [0.717, 1.165) is 31.2 Å². The fourth-order valence-corrected chi connectivity index (χ4v) is 2.76. The topological polar surface area (TPSA) is 55.1 Å². The molecule has 0 bridgehead atoms. The lowest BCUT2D eigenvalue weighted by molar-refractivity contribution is -0.122. The van der Waals surface area contributed by atoms with Crippen molar-refractivity contribution in [2.45, 2.75) is 57.5 Å². The number of amides is 1. The summed E-state index contributed by atoms with van der Waals surface area (Å²) in [5.74, 6) is -0.283. The number of rotatable bonds is 4. The molecule has 1 aromatic carbocycles. The van der Waals surface area contributed by atoms with E-state index in [-0.39, 0.29) is 17.3 Å². The molecule has 0 heterocycles. The molecule has 4 heteroatoms. The van der Waals surface area contributed by atoms with Crippen molar-refractivity contribution in [1.82, 2.24) is 5.32 Å². The Kier molecular flexibility index (Phi) is 4.76. The Labute approximate surface area is 119 Å². The molecule has 110 valence electrons. The molecule has 1 amide bonds. The lowest BCUT2D eigenvalue weighted by Crippen LogP contribution is -2.45. The first-order valence-corrected chi connectivity index (χ1v) is 7.29. The van der Waals surface area contributed by atoms with Crippen molar-refractivity contribution in [3.63, 3.8) is 0 Å². The Bertz CT molecular complexity index is 481. The number of nitrogens with two attached hydrogens (primary N) is 1. The molecule has 0 aliphatic heterocycles. The van der Waals surface area contributed by atoms with Gasteiger partial charge in [0, 0.05) is 18.5 Å². The monoisotopic (exact) mass is 278 g/mol. The van der Waals surface area contributed by atoms with Crippen molar-refractivity contribution in [3.05, 3.63) is 35.1 Å². The second-order valence-corrected chi connectivity index (χ2v) is 5.96. The van der Waals surface area contributed by atoms with E-state index in [1.807, 2.05) is 6.07 Å². The molecule has 1 fully saturated rings. The summed E-state index contributed by atoms with van der Waals surface area (Å²) in [6.45, 7) is 2.07. The number of halogens is 1. The van der Waals surface area contributed by atoms with Crippen LogP contribution in [-0.4, -0.2) is 11.4 Å². The zero-order chi connectivity index (χ0) is 14.6. The van der Waals surface area contributed by atoms with Gasteiger partial charge in [-0.2, -0.15) is 0 Å². The highest BCUT2D eigenvalue weighted by Gasteiger charge is 2.29. The van der Waals surface area contributed by atoms with Crippen LogP contribution >= 0.6 is 0 Å². The zero-order valence-corrected chi connectivity index (χ0v) is 12.0. The van der Waals surface area contributed by atoms with Crippen molar-refractivity contribution >= 4 is 5.91 Å². The summed E-state index contributed by atoms with van der Waals surface area (Å²) in [6.07, 6.45) is 5.61. The summed E-state index contributed by atoms with van der Waals surface area (Å²) in [5.41, 5.74) is 7.29. The predicted molar refractivity (Wildman–Crippen MR) is 77.6 cm³/mol. The maximum Gasteiger partial charge on any atom is 0.222 e. The molecule has 2 rings (SSSR count). The van der Waals surface area contributed by atoms with Crippen molar-refractivity contribution < 1.29 is 9.18 Å². The van der Waals surface area contributed by atoms with Crippen LogP contribution in [0.15, 0.2) is 18.2 Å². The van der Waals surface area contributed by atoms with E-state index in [0.29, 0.717) is 18.5 Å². The Balaban J connectivity index is 1.84. The van der Waals surface area contributed by atoms with E-state index in [1.165, 1.54) is 12.5 Å². The Morgan fingerprint density at radius 3 is 2.70 bits per heavy atom. The molecule has 0 atom stereocenters. The minimum absolute atomic E-state index is 0.0459. The largest absolute Gasteiger partial charge is 0.352 e. The smallest absolute Gasteiger partial charge is 0.222 e. The summed E-state index contributed by atoms with van der Waals surface area (Å²) < 4.78 is 13.4. The van der Waals surface area contributed by atoms with Gasteiger partial charge in [0.25, 0.3) is 0 Å². The quantitative estimate of drug-likeness (QED) is 0.889. The molecule has 0 aromatic heterocycles. The number of hydrogen-bond donors (Lipinski definition) is 2. The third-order valence-electron chi connectivity index (χ3n) is 4.09. The average molecular weight is 278 g/mol. The van der Waals surface area contributed by atoms with E-state index in [4.69, 9.17) is 5.73 Å². The van der Waals surface area contributed by atoms with Gasteiger partial charge in [-0.3, -0.25) is 4.79 Å². The SMILES string of the molecule is Cc1ccc(CNC(=O)CC2(N)CCCCC2)cc1F. The van der Waals surface area contributed by atoms with E-state index < -0.39 is 0 Å². The van der Waals surface area contributed by atoms with Crippen molar-refractivity contribution in [2.75, 3.05) is 0 Å². The first-order chi connectivity index (χ1) is 9.48. The maximum atomic E-state index is 13.4. The van der Waals surface area contributed by atoms with Crippen LogP contribution in [0.25, 0.3) is 0 Å². The van der Waals surface area contributed by atoms with Gasteiger partial charge in [0.2, 0.25) is 5.91 Å². The summed E-state index contributed by atoms with van der Waals surface area (Å²) in [7, 11) is 0. The van der Waals surface area contributed by atoms with Gasteiger partial charge in [0.15, 0.2) is 0 Å². The van der Waals surface area contributed by atoms with Crippen molar-refractivity contribution in [3.8, 4) is 0 Å². The van der Waals surface area contributed by atoms with E-state index in [1.54, 1.807) is 13.0 Å². The van der Waals surface area contributed by atoms with Crippen LogP contribution < -0.4 is 11.1 Å². The molecule has 1 aromatic rings. The van der Waals surface area contributed by atoms with Crippen molar-refractivity contribution in [2.24, 2.45) is 5.73 Å². The molecule has 0 radical (unpaired) electrons. The fraction of sp³-hybridized carbons (Fsp3) is 0.562. The van der Waals surface area contributed by atoms with Crippen LogP contribution in [0.3, 0.4) is 0 Å². The molecular formula is C16H23FN2O. The maximum absolute atomic E-state index is 13.4.